The van der Waals surface area contributed by atoms with Crippen molar-refractivity contribution in [3.05, 3.63) is 85.9 Å². The first-order chi connectivity index (χ1) is 12.5. The molecule has 26 heavy (non-hydrogen) atoms. The van der Waals surface area contributed by atoms with Gasteiger partial charge >= 0.3 is 0 Å². The predicted molar refractivity (Wildman–Crippen MR) is 106 cm³/mol. The van der Waals surface area contributed by atoms with E-state index in [9.17, 15) is 9.90 Å². The Labute approximate surface area is 154 Å². The van der Waals surface area contributed by atoms with Crippen LogP contribution in [0.2, 0.25) is 0 Å². The molecule has 0 atom stereocenters. The van der Waals surface area contributed by atoms with Crippen LogP contribution in [-0.2, 0) is 0 Å². The molecule has 3 aromatic rings. The Hall–Kier alpha value is -3.25. The number of nitrogens with zero attached hydrogens (tertiary/aromatic N) is 1. The number of fused-ring (bicyclic) bond motifs is 1. The summed E-state index contributed by atoms with van der Waals surface area (Å²) in [6.45, 7) is 2.00. The largest absolute Gasteiger partial charge is 0.494 e. The summed E-state index contributed by atoms with van der Waals surface area (Å²) in [6, 6.07) is 15.7. The number of rotatable bonds is 2. The highest BCUT2D eigenvalue weighted by atomic mass is 32.1. The van der Waals surface area contributed by atoms with Crippen molar-refractivity contribution in [2.45, 2.75) is 6.92 Å². The van der Waals surface area contributed by atoms with E-state index in [1.54, 1.807) is 6.08 Å². The molecule has 0 fully saturated rings. The standard InChI is InChI=1S/C20H15N3O2S/c1-11-7-8-16-13(9-11)14(17(21-16)12-5-3-2-4-6-12)10-15-18(24)22-20(26)23-19(15)25/h2-10H,1H3,(H3,22,23,24,25,26). The molecule has 5 nitrogen and oxygen atoms in total. The van der Waals surface area contributed by atoms with E-state index in [0.29, 0.717) is 0 Å². The summed E-state index contributed by atoms with van der Waals surface area (Å²) in [4.78, 5) is 22.1. The molecule has 4 rings (SSSR count). The highest BCUT2D eigenvalue weighted by molar-refractivity contribution is 7.71. The van der Waals surface area contributed by atoms with Gasteiger partial charge in [0.1, 0.15) is 5.56 Å². The number of benzene rings is 2. The van der Waals surface area contributed by atoms with E-state index in [4.69, 9.17) is 17.2 Å². The zero-order valence-electron chi connectivity index (χ0n) is 13.9. The molecule has 0 saturated heterocycles. The molecule has 1 aliphatic heterocycles. The Morgan fingerprint density at radius 3 is 2.62 bits per heavy atom. The van der Waals surface area contributed by atoms with Crippen LogP contribution in [0.15, 0.2) is 58.3 Å². The maximum Gasteiger partial charge on any atom is 0.262 e. The van der Waals surface area contributed by atoms with Crippen molar-refractivity contribution in [3.63, 3.8) is 0 Å². The minimum Gasteiger partial charge on any atom is -0.494 e. The first kappa shape index (κ1) is 16.2. The summed E-state index contributed by atoms with van der Waals surface area (Å²) in [5.41, 5.74) is 4.98. The number of hydrogen-bond acceptors (Lipinski definition) is 4. The Balaban J connectivity index is 1.98. The van der Waals surface area contributed by atoms with Gasteiger partial charge in [0.25, 0.3) is 5.56 Å². The molecular formula is C20H15N3O2S. The monoisotopic (exact) mass is 361 g/mol. The summed E-state index contributed by atoms with van der Waals surface area (Å²) in [6.07, 6.45) is 1.65. The average molecular weight is 361 g/mol. The Kier molecular flexibility index (Phi) is 3.89. The van der Waals surface area contributed by atoms with E-state index in [1.165, 1.54) is 0 Å². The van der Waals surface area contributed by atoms with Crippen LogP contribution in [0.1, 0.15) is 22.3 Å². The van der Waals surface area contributed by atoms with Crippen molar-refractivity contribution < 1.29 is 5.11 Å². The van der Waals surface area contributed by atoms with Gasteiger partial charge in [0, 0.05) is 16.7 Å². The van der Waals surface area contributed by atoms with Gasteiger partial charge in [0.2, 0.25) is 5.88 Å². The number of nitrogens with one attached hydrogen (secondary N) is 2. The van der Waals surface area contributed by atoms with E-state index in [-0.39, 0.29) is 16.2 Å². The SMILES string of the molecule is Cc1ccc2c(c1)C(=Cc1c(O)[nH]c(=S)[nH]c1=O)C(c1ccccc1)=N2. The highest BCUT2D eigenvalue weighted by Gasteiger charge is 2.23. The Morgan fingerprint density at radius 2 is 1.88 bits per heavy atom. The van der Waals surface area contributed by atoms with Gasteiger partial charge in [-0.05, 0) is 37.4 Å². The van der Waals surface area contributed by atoms with Crippen molar-refractivity contribution >= 4 is 35.3 Å². The second-order valence-electron chi connectivity index (χ2n) is 6.08. The second kappa shape index (κ2) is 6.24. The average Bonchev–Trinajstić information content (AvgIpc) is 2.96. The summed E-state index contributed by atoms with van der Waals surface area (Å²) in [7, 11) is 0. The molecule has 0 aliphatic carbocycles. The first-order valence-corrected chi connectivity index (χ1v) is 8.46. The highest BCUT2D eigenvalue weighted by Crippen LogP contribution is 2.38. The lowest BCUT2D eigenvalue weighted by atomic mass is 9.95. The molecular weight excluding hydrogens is 346 g/mol. The zero-order chi connectivity index (χ0) is 18.3. The van der Waals surface area contributed by atoms with Crippen LogP contribution < -0.4 is 5.56 Å². The maximum atomic E-state index is 12.3. The number of H-pyrrole nitrogens is 2. The van der Waals surface area contributed by atoms with Crippen LogP contribution in [0, 0.1) is 11.7 Å². The first-order valence-electron chi connectivity index (χ1n) is 8.06. The molecule has 2 heterocycles. The predicted octanol–water partition coefficient (Wildman–Crippen LogP) is 4.12. The third kappa shape index (κ3) is 2.80. The molecule has 3 N–H and O–H groups in total. The van der Waals surface area contributed by atoms with Crippen LogP contribution in [0.5, 0.6) is 5.88 Å². The number of hydrogen-bond donors (Lipinski definition) is 3. The molecule has 0 bridgehead atoms. The van der Waals surface area contributed by atoms with Crippen LogP contribution in [0.25, 0.3) is 11.6 Å². The number of aryl methyl sites for hydroxylation is 1. The summed E-state index contributed by atoms with van der Waals surface area (Å²) >= 11 is 4.89. The lowest BCUT2D eigenvalue weighted by molar-refractivity contribution is 0.448. The van der Waals surface area contributed by atoms with Gasteiger partial charge in [0.15, 0.2) is 4.77 Å². The molecule has 1 aliphatic rings. The number of aromatic nitrogens is 2. The Bertz CT molecular complexity index is 1190. The summed E-state index contributed by atoms with van der Waals surface area (Å²) in [5.74, 6) is -0.264. The van der Waals surface area contributed by atoms with Gasteiger partial charge in [-0.15, -0.1) is 0 Å². The second-order valence-corrected chi connectivity index (χ2v) is 6.48. The molecule has 6 heteroatoms. The van der Waals surface area contributed by atoms with E-state index in [1.807, 2.05) is 55.5 Å². The molecule has 0 unspecified atom stereocenters. The molecule has 128 valence electrons. The molecule has 1 aromatic heterocycles. The lowest BCUT2D eigenvalue weighted by Gasteiger charge is -2.07. The zero-order valence-corrected chi connectivity index (χ0v) is 14.7. The van der Waals surface area contributed by atoms with Gasteiger partial charge in [0.05, 0.1) is 11.4 Å². The molecule has 2 aromatic carbocycles. The van der Waals surface area contributed by atoms with Crippen molar-refractivity contribution in [1.82, 2.24) is 9.97 Å². The lowest BCUT2D eigenvalue weighted by Crippen LogP contribution is -2.12. The van der Waals surface area contributed by atoms with Crippen LogP contribution in [0.3, 0.4) is 0 Å². The van der Waals surface area contributed by atoms with Gasteiger partial charge in [-0.1, -0.05) is 42.0 Å². The molecule has 0 amide bonds. The maximum absolute atomic E-state index is 12.3. The van der Waals surface area contributed by atoms with Gasteiger partial charge in [-0.3, -0.25) is 9.78 Å². The number of aliphatic imine (C=N–C) groups is 1. The summed E-state index contributed by atoms with van der Waals surface area (Å²) < 4.78 is 0.0780. The molecule has 0 radical (unpaired) electrons. The van der Waals surface area contributed by atoms with E-state index < -0.39 is 5.56 Å². The summed E-state index contributed by atoms with van der Waals surface area (Å²) in [5, 5.41) is 10.2. The van der Waals surface area contributed by atoms with Crippen LogP contribution in [0.4, 0.5) is 5.69 Å². The fraction of sp³-hybridized carbons (Fsp3) is 0.0500. The number of allylic oxidation sites excluding steroid dienone is 1. The van der Waals surface area contributed by atoms with Crippen molar-refractivity contribution in [2.75, 3.05) is 0 Å². The van der Waals surface area contributed by atoms with Gasteiger partial charge < -0.3 is 10.1 Å². The van der Waals surface area contributed by atoms with Crippen molar-refractivity contribution in [2.24, 2.45) is 4.99 Å². The fourth-order valence-corrected chi connectivity index (χ4v) is 3.19. The Morgan fingerprint density at radius 1 is 1.12 bits per heavy atom. The van der Waals surface area contributed by atoms with Crippen molar-refractivity contribution in [1.29, 1.82) is 0 Å². The fourth-order valence-electron chi connectivity index (χ4n) is 3.00. The minimum atomic E-state index is -0.452. The minimum absolute atomic E-state index is 0.0780. The van der Waals surface area contributed by atoms with Crippen molar-refractivity contribution in [3.8, 4) is 5.88 Å². The van der Waals surface area contributed by atoms with Crippen LogP contribution in [-0.4, -0.2) is 20.8 Å². The third-order valence-corrected chi connectivity index (χ3v) is 4.43. The third-order valence-electron chi connectivity index (χ3n) is 4.22. The number of aromatic hydroxyl groups is 1. The normalized spacial score (nSPS) is 14.3. The topological polar surface area (TPSA) is 81.2 Å². The molecule has 0 saturated carbocycles. The molecule has 0 spiro atoms. The quantitative estimate of drug-likeness (QED) is 0.601. The van der Waals surface area contributed by atoms with E-state index >= 15 is 0 Å². The van der Waals surface area contributed by atoms with Gasteiger partial charge in [-0.2, -0.15) is 0 Å². The van der Waals surface area contributed by atoms with Crippen LogP contribution >= 0.6 is 12.2 Å². The smallest absolute Gasteiger partial charge is 0.262 e. The van der Waals surface area contributed by atoms with Gasteiger partial charge in [-0.25, -0.2) is 4.99 Å². The van der Waals surface area contributed by atoms with E-state index in [0.717, 1.165) is 33.7 Å². The number of aromatic amines is 2. The van der Waals surface area contributed by atoms with E-state index in [2.05, 4.69) is 9.97 Å².